The Bertz CT molecular complexity index is 448. The van der Waals surface area contributed by atoms with Gasteiger partial charge < -0.3 is 4.74 Å². The van der Waals surface area contributed by atoms with E-state index in [1.165, 1.54) is 6.21 Å². The van der Waals surface area contributed by atoms with Crippen LogP contribution in [0.4, 0.5) is 0 Å². The van der Waals surface area contributed by atoms with Crippen molar-refractivity contribution in [1.82, 2.24) is 5.01 Å². The molecule has 6 heteroatoms. The Morgan fingerprint density at radius 2 is 2.05 bits per heavy atom. The highest BCUT2D eigenvalue weighted by atomic mass is 79.9. The van der Waals surface area contributed by atoms with E-state index < -0.39 is 11.9 Å². The molecule has 1 rings (SSSR count). The zero-order chi connectivity index (χ0) is 14.1. The number of nitrogens with zero attached hydrogens (tertiary/aromatic N) is 2. The highest BCUT2D eigenvalue weighted by molar-refractivity contribution is 9.09. The van der Waals surface area contributed by atoms with Gasteiger partial charge in [-0.2, -0.15) is 5.10 Å². The van der Waals surface area contributed by atoms with Crippen LogP contribution in [0.5, 0.6) is 0 Å². The Hall–Kier alpha value is -1.69. The largest absolute Gasteiger partial charge is 0.459 e. The number of benzene rings is 1. The number of ether oxygens (including phenoxy) is 1. The van der Waals surface area contributed by atoms with Crippen LogP contribution < -0.4 is 0 Å². The number of hydrogen-bond acceptors (Lipinski definition) is 4. The Balaban J connectivity index is 2.75. The molecule has 0 aromatic heterocycles. The molecule has 1 aromatic carbocycles. The van der Waals surface area contributed by atoms with Gasteiger partial charge in [0.15, 0.2) is 0 Å². The van der Waals surface area contributed by atoms with E-state index in [-0.39, 0.29) is 6.61 Å². The summed E-state index contributed by atoms with van der Waals surface area (Å²) in [5.41, 5.74) is 0.846. The third-order valence-corrected chi connectivity index (χ3v) is 2.48. The van der Waals surface area contributed by atoms with E-state index in [0.29, 0.717) is 11.9 Å². The maximum Gasteiger partial charge on any atom is 0.398 e. The van der Waals surface area contributed by atoms with Gasteiger partial charge in [-0.05, 0) is 12.5 Å². The molecule has 0 heterocycles. The maximum absolute atomic E-state index is 11.8. The first-order chi connectivity index (χ1) is 9.19. The molecule has 1 amide bonds. The average Bonchev–Trinajstić information content (AvgIpc) is 2.44. The van der Waals surface area contributed by atoms with Crippen molar-refractivity contribution in [2.75, 3.05) is 18.5 Å². The van der Waals surface area contributed by atoms with E-state index in [1.807, 2.05) is 30.3 Å². The van der Waals surface area contributed by atoms with Gasteiger partial charge in [-0.3, -0.25) is 4.79 Å². The molecule has 5 nitrogen and oxygen atoms in total. The summed E-state index contributed by atoms with van der Waals surface area (Å²) < 4.78 is 4.66. The van der Waals surface area contributed by atoms with Crippen molar-refractivity contribution in [3.63, 3.8) is 0 Å². The van der Waals surface area contributed by atoms with E-state index in [0.717, 1.165) is 10.6 Å². The van der Waals surface area contributed by atoms with E-state index in [9.17, 15) is 9.59 Å². The number of amides is 1. The van der Waals surface area contributed by atoms with Crippen molar-refractivity contribution in [3.8, 4) is 0 Å². The van der Waals surface area contributed by atoms with Crippen molar-refractivity contribution in [2.24, 2.45) is 5.10 Å². The Morgan fingerprint density at radius 3 is 2.63 bits per heavy atom. The molecule has 0 spiro atoms. The topological polar surface area (TPSA) is 59.0 Å². The van der Waals surface area contributed by atoms with Gasteiger partial charge in [0.2, 0.25) is 0 Å². The normalized spacial score (nSPS) is 10.4. The van der Waals surface area contributed by atoms with Crippen LogP contribution in [0.25, 0.3) is 0 Å². The van der Waals surface area contributed by atoms with Gasteiger partial charge in [-0.15, -0.1) is 0 Å². The lowest BCUT2D eigenvalue weighted by molar-refractivity contribution is -0.159. The van der Waals surface area contributed by atoms with Crippen LogP contribution in [0.15, 0.2) is 35.4 Å². The molecule has 0 radical (unpaired) electrons. The van der Waals surface area contributed by atoms with E-state index >= 15 is 0 Å². The number of esters is 1. The molecule has 0 unspecified atom stereocenters. The van der Waals surface area contributed by atoms with Gasteiger partial charge in [0.1, 0.15) is 0 Å². The SMILES string of the molecule is CCOC(=O)C(=O)N(CCBr)/N=C/c1ccccc1. The molecule has 0 N–H and O–H groups in total. The second-order valence-electron chi connectivity index (χ2n) is 3.49. The monoisotopic (exact) mass is 326 g/mol. The predicted octanol–water partition coefficient (Wildman–Crippen LogP) is 1.81. The molecule has 0 aliphatic heterocycles. The molecule has 0 aliphatic rings. The Morgan fingerprint density at radius 1 is 1.37 bits per heavy atom. The third-order valence-electron chi connectivity index (χ3n) is 2.13. The summed E-state index contributed by atoms with van der Waals surface area (Å²) in [6.45, 7) is 2.10. The standard InChI is InChI=1S/C13H15BrN2O3/c1-2-19-13(18)12(17)16(9-8-14)15-10-11-6-4-3-5-7-11/h3-7,10H,2,8-9H2,1H3/b15-10+. The third kappa shape index (κ3) is 5.21. The lowest BCUT2D eigenvalue weighted by atomic mass is 10.2. The van der Waals surface area contributed by atoms with Crippen molar-refractivity contribution < 1.29 is 14.3 Å². The second-order valence-corrected chi connectivity index (χ2v) is 4.29. The molecule has 0 aliphatic carbocycles. The molecule has 102 valence electrons. The van der Waals surface area contributed by atoms with Crippen molar-refractivity contribution in [3.05, 3.63) is 35.9 Å². The fraction of sp³-hybridized carbons (Fsp3) is 0.308. The highest BCUT2D eigenvalue weighted by Gasteiger charge is 2.22. The molecule has 0 atom stereocenters. The molecule has 0 fully saturated rings. The van der Waals surface area contributed by atoms with Crippen molar-refractivity contribution >= 4 is 34.0 Å². The van der Waals surface area contributed by atoms with E-state index in [4.69, 9.17) is 0 Å². The van der Waals surface area contributed by atoms with Gasteiger partial charge in [0, 0.05) is 5.33 Å². The minimum atomic E-state index is -0.895. The number of carbonyl (C=O) groups is 2. The number of carbonyl (C=O) groups excluding carboxylic acids is 2. The zero-order valence-corrected chi connectivity index (χ0v) is 12.2. The van der Waals surface area contributed by atoms with Crippen LogP contribution in [-0.2, 0) is 14.3 Å². The molecular weight excluding hydrogens is 312 g/mol. The number of hydrazone groups is 1. The lowest BCUT2D eigenvalue weighted by Gasteiger charge is -2.14. The summed E-state index contributed by atoms with van der Waals surface area (Å²) in [4.78, 5) is 23.1. The summed E-state index contributed by atoms with van der Waals surface area (Å²) >= 11 is 3.21. The molecule has 19 heavy (non-hydrogen) atoms. The molecule has 0 saturated carbocycles. The van der Waals surface area contributed by atoms with Crippen LogP contribution in [-0.4, -0.2) is 41.6 Å². The van der Waals surface area contributed by atoms with Crippen LogP contribution in [0.3, 0.4) is 0 Å². The number of alkyl halides is 1. The summed E-state index contributed by atoms with van der Waals surface area (Å²) in [6, 6.07) is 9.32. The first kappa shape index (κ1) is 15.4. The van der Waals surface area contributed by atoms with E-state index in [1.54, 1.807) is 6.92 Å². The quantitative estimate of drug-likeness (QED) is 0.272. The fourth-order valence-electron chi connectivity index (χ4n) is 1.27. The van der Waals surface area contributed by atoms with Gasteiger partial charge in [-0.25, -0.2) is 9.80 Å². The fourth-order valence-corrected chi connectivity index (χ4v) is 1.60. The zero-order valence-electron chi connectivity index (χ0n) is 10.6. The van der Waals surface area contributed by atoms with Gasteiger partial charge >= 0.3 is 11.9 Å². The van der Waals surface area contributed by atoms with Crippen LogP contribution >= 0.6 is 15.9 Å². The molecular formula is C13H15BrN2O3. The summed E-state index contributed by atoms with van der Waals surface area (Å²) in [5.74, 6) is -1.66. The molecule has 1 aromatic rings. The first-order valence-electron chi connectivity index (χ1n) is 5.82. The smallest absolute Gasteiger partial charge is 0.398 e. The predicted molar refractivity (Wildman–Crippen MR) is 76.2 cm³/mol. The molecule has 0 bridgehead atoms. The average molecular weight is 327 g/mol. The second kappa shape index (κ2) is 8.42. The minimum absolute atomic E-state index is 0.162. The first-order valence-corrected chi connectivity index (χ1v) is 6.94. The summed E-state index contributed by atoms with van der Waals surface area (Å²) in [5, 5.41) is 5.62. The van der Waals surface area contributed by atoms with Gasteiger partial charge in [-0.1, -0.05) is 46.3 Å². The Labute approximate surface area is 120 Å². The van der Waals surface area contributed by atoms with Gasteiger partial charge in [0.25, 0.3) is 0 Å². The number of hydrogen-bond donors (Lipinski definition) is 0. The summed E-state index contributed by atoms with van der Waals surface area (Å²) in [7, 11) is 0. The number of rotatable bonds is 5. The minimum Gasteiger partial charge on any atom is -0.459 e. The number of halogens is 1. The lowest BCUT2D eigenvalue weighted by Crippen LogP contribution is -2.35. The van der Waals surface area contributed by atoms with Crippen LogP contribution in [0.2, 0.25) is 0 Å². The Kier molecular flexibility index (Phi) is 6.81. The van der Waals surface area contributed by atoms with Crippen molar-refractivity contribution in [2.45, 2.75) is 6.92 Å². The maximum atomic E-state index is 11.8. The summed E-state index contributed by atoms with van der Waals surface area (Å²) in [6.07, 6.45) is 1.53. The van der Waals surface area contributed by atoms with Crippen LogP contribution in [0, 0.1) is 0 Å². The van der Waals surface area contributed by atoms with Gasteiger partial charge in [0.05, 0.1) is 19.4 Å². The van der Waals surface area contributed by atoms with Crippen molar-refractivity contribution in [1.29, 1.82) is 0 Å². The highest BCUT2D eigenvalue weighted by Crippen LogP contribution is 1.99. The van der Waals surface area contributed by atoms with Crippen LogP contribution in [0.1, 0.15) is 12.5 Å². The van der Waals surface area contributed by atoms with E-state index in [2.05, 4.69) is 25.8 Å². The molecule has 0 saturated heterocycles.